The Labute approximate surface area is 155 Å². The van der Waals surface area contributed by atoms with E-state index < -0.39 is 16.0 Å². The first-order valence-electron chi connectivity index (χ1n) is 8.11. The second-order valence-corrected chi connectivity index (χ2v) is 8.16. The molecule has 0 atom stereocenters. The third-order valence-corrected chi connectivity index (χ3v) is 5.55. The van der Waals surface area contributed by atoms with Crippen molar-refractivity contribution in [2.24, 2.45) is 5.14 Å². The van der Waals surface area contributed by atoms with Crippen LogP contribution in [-0.4, -0.2) is 23.9 Å². The summed E-state index contributed by atoms with van der Waals surface area (Å²) in [4.78, 5) is 16.5. The molecule has 2 aromatic heterocycles. The predicted molar refractivity (Wildman–Crippen MR) is 99.5 cm³/mol. The third-order valence-electron chi connectivity index (χ3n) is 3.95. The highest BCUT2D eigenvalue weighted by Crippen LogP contribution is 2.21. The maximum Gasteiger partial charge on any atom is 0.339 e. The number of thiophene rings is 1. The van der Waals surface area contributed by atoms with Crippen LogP contribution in [0.4, 0.5) is 0 Å². The molecule has 0 amide bonds. The largest absolute Gasteiger partial charge is 0.454 e. The molecule has 138 valence electrons. The minimum absolute atomic E-state index is 0.00644. The number of hydrogen-bond donors (Lipinski definition) is 1. The highest BCUT2D eigenvalue weighted by Gasteiger charge is 2.16. The van der Waals surface area contributed by atoms with Crippen LogP contribution in [0, 0.1) is 0 Å². The number of fused-ring (bicyclic) bond motifs is 1. The molecule has 2 N–H and O–H groups in total. The molecule has 9 heteroatoms. The van der Waals surface area contributed by atoms with Crippen molar-refractivity contribution in [3.8, 4) is 0 Å². The van der Waals surface area contributed by atoms with Crippen LogP contribution in [-0.2, 0) is 27.9 Å². The minimum Gasteiger partial charge on any atom is -0.454 e. The lowest BCUT2D eigenvalue weighted by molar-refractivity contribution is 0.0459. The van der Waals surface area contributed by atoms with E-state index >= 15 is 0 Å². The summed E-state index contributed by atoms with van der Waals surface area (Å²) in [5, 5.41) is 8.73. The maximum absolute atomic E-state index is 12.1. The van der Waals surface area contributed by atoms with Gasteiger partial charge in [-0.3, -0.25) is 0 Å². The number of carbonyl (C=O) groups excluding carboxylic acids is 1. The van der Waals surface area contributed by atoms with Crippen molar-refractivity contribution in [1.82, 2.24) is 9.55 Å². The van der Waals surface area contributed by atoms with Crippen molar-refractivity contribution in [3.63, 3.8) is 0 Å². The second kappa shape index (κ2) is 7.56. The first-order chi connectivity index (χ1) is 12.4. The lowest BCUT2D eigenvalue weighted by atomic mass is 10.3. The van der Waals surface area contributed by atoms with E-state index in [2.05, 4.69) is 11.9 Å². The molecule has 0 saturated carbocycles. The number of carbonyl (C=O) groups is 1. The van der Waals surface area contributed by atoms with E-state index in [9.17, 15) is 13.2 Å². The van der Waals surface area contributed by atoms with Gasteiger partial charge in [0.15, 0.2) is 0 Å². The topological polar surface area (TPSA) is 104 Å². The number of nitrogens with two attached hydrogens (primary N) is 1. The number of primary sulfonamides is 1. The van der Waals surface area contributed by atoms with Crippen molar-refractivity contribution in [2.75, 3.05) is 0 Å². The quantitative estimate of drug-likeness (QED) is 0.622. The molecule has 0 spiro atoms. The molecule has 0 unspecified atom stereocenters. The molecule has 3 rings (SSSR count). The number of esters is 1. The Balaban J connectivity index is 1.92. The standard InChI is InChI=1S/C17H19N3O4S2/c1-2-3-7-20-15-5-4-13(26(18,22)23)9-14(15)19-16(20)10-24-17(21)12-6-8-25-11-12/h4-6,8-9,11H,2-3,7,10H2,1H3,(H2,18,22,23). The molecule has 3 aromatic rings. The van der Waals surface area contributed by atoms with Gasteiger partial charge in [-0.25, -0.2) is 23.3 Å². The number of nitrogens with zero attached hydrogens (tertiary/aromatic N) is 2. The van der Waals surface area contributed by atoms with Gasteiger partial charge in [0.05, 0.1) is 21.5 Å². The van der Waals surface area contributed by atoms with E-state index in [1.807, 2.05) is 9.95 Å². The number of hydrogen-bond acceptors (Lipinski definition) is 6. The second-order valence-electron chi connectivity index (χ2n) is 5.82. The van der Waals surface area contributed by atoms with Gasteiger partial charge in [-0.1, -0.05) is 13.3 Å². The monoisotopic (exact) mass is 393 g/mol. The van der Waals surface area contributed by atoms with Crippen molar-refractivity contribution in [1.29, 1.82) is 0 Å². The average Bonchev–Trinajstić information content (AvgIpc) is 3.24. The van der Waals surface area contributed by atoms with E-state index in [1.165, 1.54) is 23.5 Å². The summed E-state index contributed by atoms with van der Waals surface area (Å²) < 4.78 is 30.4. The fourth-order valence-electron chi connectivity index (χ4n) is 2.61. The van der Waals surface area contributed by atoms with Crippen LogP contribution in [0.3, 0.4) is 0 Å². The van der Waals surface area contributed by atoms with E-state index in [0.29, 0.717) is 23.4 Å². The van der Waals surface area contributed by atoms with Crippen LogP contribution in [0.15, 0.2) is 39.9 Å². The van der Waals surface area contributed by atoms with Crippen LogP contribution in [0.25, 0.3) is 11.0 Å². The SMILES string of the molecule is CCCCn1c(COC(=O)c2ccsc2)nc2cc(S(N)(=O)=O)ccc21. The summed E-state index contributed by atoms with van der Waals surface area (Å²) in [7, 11) is -3.80. The van der Waals surface area contributed by atoms with Crippen molar-refractivity contribution >= 4 is 38.4 Å². The number of rotatable bonds is 7. The van der Waals surface area contributed by atoms with Gasteiger partial charge in [-0.2, -0.15) is 11.3 Å². The van der Waals surface area contributed by atoms with Crippen LogP contribution < -0.4 is 5.14 Å². The molecule has 26 heavy (non-hydrogen) atoms. The highest BCUT2D eigenvalue weighted by molar-refractivity contribution is 7.89. The fraction of sp³-hybridized carbons (Fsp3) is 0.294. The van der Waals surface area contributed by atoms with Crippen molar-refractivity contribution in [2.45, 2.75) is 37.8 Å². The third kappa shape index (κ3) is 3.95. The normalized spacial score (nSPS) is 11.8. The van der Waals surface area contributed by atoms with Gasteiger partial charge < -0.3 is 9.30 Å². The number of imidazole rings is 1. The summed E-state index contributed by atoms with van der Waals surface area (Å²) in [6.07, 6.45) is 1.91. The number of ether oxygens (including phenoxy) is 1. The van der Waals surface area contributed by atoms with E-state index in [0.717, 1.165) is 18.4 Å². The predicted octanol–water partition coefficient (Wildman–Crippen LogP) is 2.90. The van der Waals surface area contributed by atoms with E-state index in [-0.39, 0.29) is 11.5 Å². The Bertz CT molecular complexity index is 1020. The van der Waals surface area contributed by atoms with Gasteiger partial charge >= 0.3 is 5.97 Å². The maximum atomic E-state index is 12.1. The zero-order valence-electron chi connectivity index (χ0n) is 14.2. The van der Waals surface area contributed by atoms with Gasteiger partial charge in [-0.15, -0.1) is 0 Å². The number of sulfonamides is 1. The van der Waals surface area contributed by atoms with E-state index in [1.54, 1.807) is 17.5 Å². The fourth-order valence-corrected chi connectivity index (χ4v) is 3.77. The number of aromatic nitrogens is 2. The molecule has 0 aliphatic heterocycles. The molecule has 1 aromatic carbocycles. The minimum atomic E-state index is -3.80. The first-order valence-corrected chi connectivity index (χ1v) is 10.6. The van der Waals surface area contributed by atoms with Crippen LogP contribution in [0.1, 0.15) is 35.9 Å². The molecule has 0 aliphatic rings. The zero-order chi connectivity index (χ0) is 18.7. The molecule has 2 heterocycles. The Morgan fingerprint density at radius 3 is 2.81 bits per heavy atom. The van der Waals surface area contributed by atoms with Gasteiger partial charge in [-0.05, 0) is 36.1 Å². The molecule has 0 aliphatic carbocycles. The summed E-state index contributed by atoms with van der Waals surface area (Å²) >= 11 is 1.42. The Morgan fingerprint density at radius 1 is 1.35 bits per heavy atom. The lowest BCUT2D eigenvalue weighted by Crippen LogP contribution is -2.12. The molecule has 0 bridgehead atoms. The summed E-state index contributed by atoms with van der Waals surface area (Å²) in [5.74, 6) is 0.161. The Morgan fingerprint density at radius 2 is 2.15 bits per heavy atom. The number of benzene rings is 1. The van der Waals surface area contributed by atoms with Gasteiger partial charge in [0, 0.05) is 11.9 Å². The van der Waals surface area contributed by atoms with Crippen LogP contribution >= 0.6 is 11.3 Å². The number of unbranched alkanes of at least 4 members (excludes halogenated alkanes) is 1. The van der Waals surface area contributed by atoms with Crippen molar-refractivity contribution in [3.05, 3.63) is 46.4 Å². The first kappa shape index (κ1) is 18.6. The summed E-state index contributed by atoms with van der Waals surface area (Å²) in [6, 6.07) is 6.29. The molecular formula is C17H19N3O4S2. The molecule has 7 nitrogen and oxygen atoms in total. The van der Waals surface area contributed by atoms with Gasteiger partial charge in [0.25, 0.3) is 0 Å². The molecular weight excluding hydrogens is 374 g/mol. The summed E-state index contributed by atoms with van der Waals surface area (Å²) in [6.45, 7) is 2.79. The summed E-state index contributed by atoms with van der Waals surface area (Å²) in [5.41, 5.74) is 1.80. The zero-order valence-corrected chi connectivity index (χ0v) is 15.8. The Hall–Kier alpha value is -2.23. The van der Waals surface area contributed by atoms with Crippen LogP contribution in [0.2, 0.25) is 0 Å². The smallest absolute Gasteiger partial charge is 0.339 e. The highest BCUT2D eigenvalue weighted by atomic mass is 32.2. The van der Waals surface area contributed by atoms with Crippen molar-refractivity contribution < 1.29 is 17.9 Å². The van der Waals surface area contributed by atoms with Crippen LogP contribution in [0.5, 0.6) is 0 Å². The Kier molecular flexibility index (Phi) is 5.40. The molecule has 0 fully saturated rings. The number of aryl methyl sites for hydroxylation is 1. The van der Waals surface area contributed by atoms with Gasteiger partial charge in [0.2, 0.25) is 10.0 Å². The van der Waals surface area contributed by atoms with Gasteiger partial charge in [0.1, 0.15) is 12.4 Å². The van der Waals surface area contributed by atoms with E-state index in [4.69, 9.17) is 9.88 Å². The lowest BCUT2D eigenvalue weighted by Gasteiger charge is -2.09. The molecule has 0 saturated heterocycles. The average molecular weight is 393 g/mol. The molecule has 0 radical (unpaired) electrons.